The van der Waals surface area contributed by atoms with Crippen molar-refractivity contribution in [1.82, 2.24) is 0 Å². The van der Waals surface area contributed by atoms with Crippen molar-refractivity contribution in [2.24, 2.45) is 0 Å². The number of thiophene rings is 2. The minimum Gasteiger partial charge on any atom is -0.507 e. The molecule has 4 rings (SSSR count). The zero-order valence-electron chi connectivity index (χ0n) is 15.4. The number of rotatable bonds is 5. The maximum absolute atomic E-state index is 13.1. The van der Waals surface area contributed by atoms with Gasteiger partial charge in [-0.3, -0.25) is 9.59 Å². The monoisotopic (exact) mass is 420 g/mol. The molecule has 0 saturated carbocycles. The topological polar surface area (TPSA) is 67.5 Å². The maximum Gasteiger partial charge on any atom is 0.208 e. The number of aromatic hydroxyl groups is 1. The normalized spacial score (nSPS) is 11.8. The molecule has 0 fully saturated rings. The van der Waals surface area contributed by atoms with Crippen LogP contribution in [-0.2, 0) is 0 Å². The Bertz CT molecular complexity index is 1290. The number of fused-ring (bicyclic) bond motifs is 1. The average Bonchev–Trinajstić information content (AvgIpc) is 3.37. The molecule has 0 radical (unpaired) electrons. The van der Waals surface area contributed by atoms with Gasteiger partial charge in [-0.25, -0.2) is 0 Å². The zero-order valence-corrected chi connectivity index (χ0v) is 17.0. The lowest BCUT2D eigenvalue weighted by Crippen LogP contribution is -2.16. The van der Waals surface area contributed by atoms with E-state index in [0.717, 1.165) is 15.3 Å². The predicted molar refractivity (Wildman–Crippen MR) is 120 cm³/mol. The first-order valence-corrected chi connectivity index (χ1v) is 10.6. The fourth-order valence-corrected chi connectivity index (χ4v) is 4.21. The van der Waals surface area contributed by atoms with Gasteiger partial charge in [0.25, 0.3) is 0 Å². The Balaban J connectivity index is 1.89. The standard InChI is InChI=1S/C23H16O4S2/c1-14-12-18(25)22-20(13-14)27-19(9-7-16-5-3-11-29-16)21(23(22)26)17(24)8-6-15-4-2-10-28-15/h2-13,25H,1H3/b8-6+,9-7+. The van der Waals surface area contributed by atoms with Crippen molar-refractivity contribution < 1.29 is 14.3 Å². The Kier molecular flexibility index (Phi) is 5.29. The minimum atomic E-state index is -0.546. The highest BCUT2D eigenvalue weighted by atomic mass is 32.1. The molecule has 0 aliphatic heterocycles. The molecule has 3 heterocycles. The van der Waals surface area contributed by atoms with Crippen molar-refractivity contribution in [3.05, 3.63) is 90.1 Å². The molecule has 0 unspecified atom stereocenters. The summed E-state index contributed by atoms with van der Waals surface area (Å²) in [6.45, 7) is 1.79. The molecule has 3 aromatic heterocycles. The molecule has 0 aliphatic carbocycles. The van der Waals surface area contributed by atoms with Gasteiger partial charge in [0.05, 0.1) is 0 Å². The number of phenolic OH excluding ortho intramolecular Hbond substituents is 1. The second-order valence-corrected chi connectivity index (χ2v) is 8.35. The van der Waals surface area contributed by atoms with Gasteiger partial charge >= 0.3 is 0 Å². The molecular formula is C23H16O4S2. The second-order valence-electron chi connectivity index (χ2n) is 6.39. The van der Waals surface area contributed by atoms with Crippen LogP contribution in [0.15, 0.2) is 62.4 Å². The molecule has 0 aliphatic rings. The molecule has 144 valence electrons. The van der Waals surface area contributed by atoms with Gasteiger partial charge in [-0.05, 0) is 71.8 Å². The molecule has 0 atom stereocenters. The number of hydrogen-bond acceptors (Lipinski definition) is 6. The van der Waals surface area contributed by atoms with Crippen LogP contribution in [0.4, 0.5) is 0 Å². The smallest absolute Gasteiger partial charge is 0.208 e. The highest BCUT2D eigenvalue weighted by molar-refractivity contribution is 7.11. The second kappa shape index (κ2) is 8.03. The van der Waals surface area contributed by atoms with Crippen LogP contribution in [0.2, 0.25) is 0 Å². The fourth-order valence-electron chi connectivity index (χ4n) is 2.97. The predicted octanol–water partition coefficient (Wildman–Crippen LogP) is 6.00. The number of allylic oxidation sites excluding steroid dienone is 1. The quantitative estimate of drug-likeness (QED) is 0.318. The van der Waals surface area contributed by atoms with Crippen LogP contribution < -0.4 is 5.43 Å². The highest BCUT2D eigenvalue weighted by Crippen LogP contribution is 2.27. The largest absolute Gasteiger partial charge is 0.507 e. The summed E-state index contributed by atoms with van der Waals surface area (Å²) in [5, 5.41) is 14.1. The third-order valence-electron chi connectivity index (χ3n) is 4.28. The number of aryl methyl sites for hydroxylation is 1. The number of carbonyl (C=O) groups excluding carboxylic acids is 1. The molecule has 6 heteroatoms. The number of benzene rings is 1. The first-order valence-electron chi connectivity index (χ1n) is 8.81. The first kappa shape index (κ1) is 19.1. The number of phenols is 1. The number of carbonyl (C=O) groups is 1. The van der Waals surface area contributed by atoms with Crippen LogP contribution in [-0.4, -0.2) is 10.9 Å². The molecule has 0 spiro atoms. The minimum absolute atomic E-state index is 0.0109. The van der Waals surface area contributed by atoms with E-state index >= 15 is 0 Å². The Labute approximate surface area is 174 Å². The number of ketones is 1. The molecule has 4 aromatic rings. The van der Waals surface area contributed by atoms with Gasteiger partial charge in [0.1, 0.15) is 28.0 Å². The summed E-state index contributed by atoms with van der Waals surface area (Å²) in [5.41, 5.74) is 0.354. The lowest BCUT2D eigenvalue weighted by Gasteiger charge is -2.07. The SMILES string of the molecule is Cc1cc(O)c2c(=O)c(C(=O)/C=C/c3cccs3)c(/C=C/c3cccs3)oc2c1. The van der Waals surface area contributed by atoms with Crippen molar-refractivity contribution in [3.63, 3.8) is 0 Å². The Morgan fingerprint density at radius 1 is 1.03 bits per heavy atom. The van der Waals surface area contributed by atoms with Gasteiger partial charge in [-0.2, -0.15) is 0 Å². The van der Waals surface area contributed by atoms with Crippen LogP contribution >= 0.6 is 22.7 Å². The van der Waals surface area contributed by atoms with Crippen LogP contribution in [0.5, 0.6) is 5.75 Å². The molecule has 1 N–H and O–H groups in total. The van der Waals surface area contributed by atoms with E-state index in [1.807, 2.05) is 35.0 Å². The maximum atomic E-state index is 13.1. The molecule has 4 nitrogen and oxygen atoms in total. The molecule has 1 aromatic carbocycles. The van der Waals surface area contributed by atoms with Gasteiger partial charge in [0, 0.05) is 9.75 Å². The van der Waals surface area contributed by atoms with E-state index in [1.165, 1.54) is 34.8 Å². The van der Waals surface area contributed by atoms with Crippen LogP contribution in [0.3, 0.4) is 0 Å². The summed E-state index contributed by atoms with van der Waals surface area (Å²) >= 11 is 3.02. The van der Waals surface area contributed by atoms with E-state index < -0.39 is 11.2 Å². The van der Waals surface area contributed by atoms with Gasteiger partial charge < -0.3 is 9.52 Å². The lowest BCUT2D eigenvalue weighted by molar-refractivity contribution is 0.104. The Morgan fingerprint density at radius 2 is 1.72 bits per heavy atom. The highest BCUT2D eigenvalue weighted by Gasteiger charge is 2.20. The van der Waals surface area contributed by atoms with Gasteiger partial charge in [0.15, 0.2) is 5.78 Å². The molecule has 0 amide bonds. The third-order valence-corrected chi connectivity index (χ3v) is 5.95. The van der Waals surface area contributed by atoms with Crippen molar-refractivity contribution in [2.45, 2.75) is 6.92 Å². The lowest BCUT2D eigenvalue weighted by atomic mass is 10.0. The van der Waals surface area contributed by atoms with E-state index in [9.17, 15) is 14.7 Å². The fraction of sp³-hybridized carbons (Fsp3) is 0.0435. The van der Waals surface area contributed by atoms with Gasteiger partial charge in [-0.1, -0.05) is 12.1 Å². The van der Waals surface area contributed by atoms with Crippen molar-refractivity contribution in [2.75, 3.05) is 0 Å². The van der Waals surface area contributed by atoms with E-state index in [1.54, 1.807) is 31.2 Å². The molecular weight excluding hydrogens is 404 g/mol. The summed E-state index contributed by atoms with van der Waals surface area (Å²) < 4.78 is 5.90. The van der Waals surface area contributed by atoms with E-state index in [4.69, 9.17) is 4.42 Å². The Morgan fingerprint density at radius 3 is 2.38 bits per heavy atom. The zero-order chi connectivity index (χ0) is 20.4. The molecule has 0 bridgehead atoms. The van der Waals surface area contributed by atoms with E-state index in [-0.39, 0.29) is 28.0 Å². The van der Waals surface area contributed by atoms with Crippen molar-refractivity contribution >= 4 is 57.7 Å². The summed E-state index contributed by atoms with van der Waals surface area (Å²) in [7, 11) is 0. The molecule has 29 heavy (non-hydrogen) atoms. The summed E-state index contributed by atoms with van der Waals surface area (Å²) in [5.74, 6) is -0.500. The van der Waals surface area contributed by atoms with Gasteiger partial charge in [-0.15, -0.1) is 22.7 Å². The van der Waals surface area contributed by atoms with Gasteiger partial charge in [0.2, 0.25) is 5.43 Å². The average molecular weight is 421 g/mol. The van der Waals surface area contributed by atoms with Crippen molar-refractivity contribution in [3.8, 4) is 5.75 Å². The van der Waals surface area contributed by atoms with E-state index in [2.05, 4.69) is 0 Å². The van der Waals surface area contributed by atoms with Crippen molar-refractivity contribution in [1.29, 1.82) is 0 Å². The molecule has 0 saturated heterocycles. The first-order chi connectivity index (χ1) is 14.0. The van der Waals surface area contributed by atoms with E-state index in [0.29, 0.717) is 0 Å². The summed E-state index contributed by atoms with van der Waals surface area (Å²) in [6.07, 6.45) is 6.44. The van der Waals surface area contributed by atoms with Crippen LogP contribution in [0, 0.1) is 6.92 Å². The summed E-state index contributed by atoms with van der Waals surface area (Å²) in [4.78, 5) is 27.9. The Hall–Kier alpha value is -3.22. The van der Waals surface area contributed by atoms with Crippen LogP contribution in [0.25, 0.3) is 29.2 Å². The van der Waals surface area contributed by atoms with Crippen LogP contribution in [0.1, 0.15) is 31.4 Å². The number of hydrogen-bond donors (Lipinski definition) is 1. The third kappa shape index (κ3) is 3.99. The summed E-state index contributed by atoms with van der Waals surface area (Å²) in [6, 6.07) is 10.8.